The monoisotopic (exact) mass is 108 g/mol. The van der Waals surface area contributed by atoms with E-state index in [1.54, 1.807) is 6.20 Å². The van der Waals surface area contributed by atoms with Gasteiger partial charge < -0.3 is 0 Å². The molecule has 2 nitrogen and oxygen atoms in total. The molecule has 0 saturated carbocycles. The van der Waals surface area contributed by atoms with Crippen LogP contribution in [0, 0.1) is 0 Å². The first-order valence-corrected chi connectivity index (χ1v) is 2.52. The molecular weight excluding hydrogens is 100 g/mol. The van der Waals surface area contributed by atoms with Crippen LogP contribution in [0.5, 0.6) is 0 Å². The van der Waals surface area contributed by atoms with Gasteiger partial charge in [0.15, 0.2) is 0 Å². The van der Waals surface area contributed by atoms with Crippen molar-refractivity contribution in [3.8, 4) is 0 Å². The third-order valence-corrected chi connectivity index (χ3v) is 0.860. The van der Waals surface area contributed by atoms with Crippen molar-refractivity contribution in [1.29, 1.82) is 0 Å². The van der Waals surface area contributed by atoms with Gasteiger partial charge in [-0.05, 0) is 19.1 Å². The van der Waals surface area contributed by atoms with E-state index in [1.165, 1.54) is 0 Å². The van der Waals surface area contributed by atoms with Crippen molar-refractivity contribution in [2.45, 2.75) is 6.92 Å². The maximum atomic E-state index is 3.92. The van der Waals surface area contributed by atoms with Crippen LogP contribution >= 0.6 is 0 Å². The van der Waals surface area contributed by atoms with Gasteiger partial charge in [-0.2, -0.15) is 5.10 Å². The van der Waals surface area contributed by atoms with Crippen molar-refractivity contribution >= 4 is 5.71 Å². The topological polar surface area (TPSA) is 24.4 Å². The van der Waals surface area contributed by atoms with E-state index in [1.807, 2.05) is 25.2 Å². The highest BCUT2D eigenvalue weighted by Crippen LogP contribution is 1.84. The first-order chi connectivity index (χ1) is 3.89. The normalized spacial score (nSPS) is 16.9. The second-order valence-corrected chi connectivity index (χ2v) is 1.60. The Balaban J connectivity index is 2.69. The molecule has 8 heavy (non-hydrogen) atoms. The summed E-state index contributed by atoms with van der Waals surface area (Å²) in [5.74, 6) is 0. The summed E-state index contributed by atoms with van der Waals surface area (Å²) in [6, 6.07) is 0. The molecule has 0 fully saturated rings. The fraction of sp³-hybridized carbons (Fsp3) is 0.167. The minimum absolute atomic E-state index is 0.995. The Morgan fingerprint density at radius 2 is 2.38 bits per heavy atom. The van der Waals surface area contributed by atoms with Crippen molar-refractivity contribution in [2.24, 2.45) is 5.10 Å². The van der Waals surface area contributed by atoms with Gasteiger partial charge >= 0.3 is 0 Å². The first-order valence-electron chi connectivity index (χ1n) is 2.52. The Morgan fingerprint density at radius 1 is 1.50 bits per heavy atom. The van der Waals surface area contributed by atoms with E-state index < -0.39 is 0 Å². The van der Waals surface area contributed by atoms with Gasteiger partial charge in [0.25, 0.3) is 0 Å². The van der Waals surface area contributed by atoms with Crippen molar-refractivity contribution in [3.05, 3.63) is 24.4 Å². The van der Waals surface area contributed by atoms with E-state index in [-0.39, 0.29) is 0 Å². The van der Waals surface area contributed by atoms with Crippen LogP contribution in [0.25, 0.3) is 0 Å². The molecule has 42 valence electrons. The molecule has 1 rings (SSSR count). The fourth-order valence-electron chi connectivity index (χ4n) is 0.470. The van der Waals surface area contributed by atoms with Crippen LogP contribution in [0.4, 0.5) is 0 Å². The van der Waals surface area contributed by atoms with E-state index in [2.05, 4.69) is 10.5 Å². The summed E-state index contributed by atoms with van der Waals surface area (Å²) < 4.78 is 0. The van der Waals surface area contributed by atoms with Gasteiger partial charge in [0.2, 0.25) is 0 Å². The fourth-order valence-corrected chi connectivity index (χ4v) is 0.470. The lowest BCUT2D eigenvalue weighted by atomic mass is 10.4. The number of allylic oxidation sites excluding steroid dienone is 3. The van der Waals surface area contributed by atoms with Gasteiger partial charge in [-0.3, -0.25) is 5.43 Å². The number of rotatable bonds is 0. The Labute approximate surface area is 48.6 Å². The van der Waals surface area contributed by atoms with Crippen LogP contribution in [-0.2, 0) is 0 Å². The van der Waals surface area contributed by atoms with Crippen molar-refractivity contribution in [3.63, 3.8) is 0 Å². The van der Waals surface area contributed by atoms with E-state index in [4.69, 9.17) is 0 Å². The van der Waals surface area contributed by atoms with Crippen LogP contribution in [0.2, 0.25) is 0 Å². The Bertz CT molecular complexity index is 151. The van der Waals surface area contributed by atoms with E-state index >= 15 is 0 Å². The highest BCUT2D eigenvalue weighted by molar-refractivity contribution is 5.92. The van der Waals surface area contributed by atoms with Crippen LogP contribution in [0.1, 0.15) is 6.92 Å². The SMILES string of the molecule is CC1=NNC=CC=C1. The highest BCUT2D eigenvalue weighted by atomic mass is 15.3. The maximum absolute atomic E-state index is 3.92. The third-order valence-electron chi connectivity index (χ3n) is 0.860. The van der Waals surface area contributed by atoms with Gasteiger partial charge in [0.1, 0.15) is 0 Å². The van der Waals surface area contributed by atoms with Crippen LogP contribution in [-0.4, -0.2) is 5.71 Å². The molecule has 0 spiro atoms. The number of nitrogens with zero attached hydrogens (tertiary/aromatic N) is 1. The Hall–Kier alpha value is -1.05. The smallest absolute Gasteiger partial charge is 0.0576 e. The molecule has 0 atom stereocenters. The molecule has 2 heteroatoms. The zero-order valence-corrected chi connectivity index (χ0v) is 4.76. The van der Waals surface area contributed by atoms with E-state index in [9.17, 15) is 0 Å². The average molecular weight is 108 g/mol. The molecule has 0 aromatic rings. The Kier molecular flexibility index (Phi) is 1.47. The molecule has 0 bridgehead atoms. The molecule has 0 amide bonds. The quantitative estimate of drug-likeness (QED) is 0.492. The molecule has 0 aliphatic carbocycles. The summed E-state index contributed by atoms with van der Waals surface area (Å²) >= 11 is 0. The van der Waals surface area contributed by atoms with Crippen LogP contribution in [0.15, 0.2) is 29.5 Å². The molecule has 1 aliphatic heterocycles. The van der Waals surface area contributed by atoms with E-state index in [0.717, 1.165) is 5.71 Å². The van der Waals surface area contributed by atoms with Gasteiger partial charge in [0.05, 0.1) is 5.71 Å². The molecule has 1 N–H and O–H groups in total. The summed E-state index contributed by atoms with van der Waals surface area (Å²) in [5.41, 5.74) is 3.74. The second kappa shape index (κ2) is 2.31. The van der Waals surface area contributed by atoms with Gasteiger partial charge in [-0.25, -0.2) is 0 Å². The average Bonchev–Trinajstić information content (AvgIpc) is 1.94. The molecule has 0 saturated heterocycles. The summed E-state index contributed by atoms with van der Waals surface area (Å²) in [5, 5.41) is 3.92. The van der Waals surface area contributed by atoms with Crippen LogP contribution < -0.4 is 5.43 Å². The molecule has 0 radical (unpaired) electrons. The Morgan fingerprint density at radius 3 is 3.25 bits per heavy atom. The van der Waals surface area contributed by atoms with Crippen molar-refractivity contribution in [2.75, 3.05) is 0 Å². The molecule has 0 unspecified atom stereocenters. The third kappa shape index (κ3) is 1.22. The van der Waals surface area contributed by atoms with Gasteiger partial charge in [0, 0.05) is 6.20 Å². The molecule has 0 aromatic carbocycles. The zero-order valence-electron chi connectivity index (χ0n) is 4.76. The summed E-state index contributed by atoms with van der Waals surface area (Å²) in [6.07, 6.45) is 7.57. The first kappa shape index (κ1) is 5.09. The summed E-state index contributed by atoms with van der Waals surface area (Å²) in [7, 11) is 0. The predicted octanol–water partition coefficient (Wildman–Crippen LogP) is 1.04. The second-order valence-electron chi connectivity index (χ2n) is 1.60. The van der Waals surface area contributed by atoms with Crippen molar-refractivity contribution in [1.82, 2.24) is 5.43 Å². The number of hydrogen-bond acceptors (Lipinski definition) is 2. The number of hydrogen-bond donors (Lipinski definition) is 1. The number of hydrazone groups is 1. The minimum Gasteiger partial charge on any atom is -0.286 e. The largest absolute Gasteiger partial charge is 0.286 e. The highest BCUT2D eigenvalue weighted by Gasteiger charge is 1.81. The standard InChI is InChI=1S/C6H8N2/c1-6-4-2-3-5-7-8-6/h2-5,7H,1H3. The molecule has 1 aliphatic rings. The van der Waals surface area contributed by atoms with E-state index in [0.29, 0.717) is 0 Å². The maximum Gasteiger partial charge on any atom is 0.0576 e. The van der Waals surface area contributed by atoms with Crippen LogP contribution in [0.3, 0.4) is 0 Å². The van der Waals surface area contributed by atoms with Gasteiger partial charge in [-0.15, -0.1) is 0 Å². The van der Waals surface area contributed by atoms with Gasteiger partial charge in [-0.1, -0.05) is 6.08 Å². The molecular formula is C6H8N2. The summed E-state index contributed by atoms with van der Waals surface area (Å²) in [4.78, 5) is 0. The lowest BCUT2D eigenvalue weighted by molar-refractivity contribution is 0.970. The lowest BCUT2D eigenvalue weighted by Gasteiger charge is -1.86. The lowest BCUT2D eigenvalue weighted by Crippen LogP contribution is -1.95. The van der Waals surface area contributed by atoms with Crippen molar-refractivity contribution < 1.29 is 0 Å². The minimum atomic E-state index is 0.995. The number of nitrogens with one attached hydrogen (secondary N) is 1. The zero-order chi connectivity index (χ0) is 5.82. The molecule has 1 heterocycles. The summed E-state index contributed by atoms with van der Waals surface area (Å²) in [6.45, 7) is 1.94. The molecule has 0 aromatic heterocycles. The predicted molar refractivity (Wildman–Crippen MR) is 34.5 cm³/mol.